The molecular formula is C19H31NO2S. The summed E-state index contributed by atoms with van der Waals surface area (Å²) in [5, 5.41) is 0. The first-order valence-corrected chi connectivity index (χ1v) is 9.88. The summed E-state index contributed by atoms with van der Waals surface area (Å²) in [5.41, 5.74) is 3.01. The van der Waals surface area contributed by atoms with Gasteiger partial charge in [-0.2, -0.15) is 0 Å². The van der Waals surface area contributed by atoms with Gasteiger partial charge in [0.25, 0.3) is 0 Å². The van der Waals surface area contributed by atoms with Crippen LogP contribution in [0.4, 0.5) is 0 Å². The van der Waals surface area contributed by atoms with Crippen LogP contribution in [0.15, 0.2) is 29.7 Å². The van der Waals surface area contributed by atoms with E-state index in [9.17, 15) is 8.42 Å². The van der Waals surface area contributed by atoms with Gasteiger partial charge in [0.15, 0.2) is 0 Å². The Morgan fingerprint density at radius 1 is 1.00 bits per heavy atom. The van der Waals surface area contributed by atoms with E-state index in [1.54, 1.807) is 6.08 Å². The second kappa shape index (κ2) is 8.11. The first kappa shape index (κ1) is 19.9. The van der Waals surface area contributed by atoms with Gasteiger partial charge < -0.3 is 0 Å². The highest BCUT2D eigenvalue weighted by Crippen LogP contribution is 2.34. The van der Waals surface area contributed by atoms with Crippen molar-refractivity contribution in [3.05, 3.63) is 41.5 Å². The molecule has 0 fully saturated rings. The lowest BCUT2D eigenvalue weighted by Gasteiger charge is -2.22. The third kappa shape index (κ3) is 4.92. The van der Waals surface area contributed by atoms with Gasteiger partial charge in [0.1, 0.15) is 0 Å². The van der Waals surface area contributed by atoms with E-state index in [4.69, 9.17) is 0 Å². The summed E-state index contributed by atoms with van der Waals surface area (Å²) in [6, 6.07) is 4.12. The molecule has 130 valence electrons. The van der Waals surface area contributed by atoms with E-state index in [-0.39, 0.29) is 11.8 Å². The predicted molar refractivity (Wildman–Crippen MR) is 98.7 cm³/mol. The topological polar surface area (TPSA) is 46.2 Å². The van der Waals surface area contributed by atoms with Crippen molar-refractivity contribution in [2.75, 3.05) is 6.54 Å². The highest BCUT2D eigenvalue weighted by atomic mass is 32.2. The van der Waals surface area contributed by atoms with Gasteiger partial charge in [-0.05, 0) is 40.9 Å². The molecule has 1 aromatic carbocycles. The first-order chi connectivity index (χ1) is 10.6. The zero-order chi connectivity index (χ0) is 17.8. The number of nitrogens with one attached hydrogen (secondary N) is 1. The smallest absolute Gasteiger partial charge is 0.211 e. The zero-order valence-electron chi connectivity index (χ0n) is 15.3. The fourth-order valence-corrected chi connectivity index (χ4v) is 4.31. The van der Waals surface area contributed by atoms with Crippen LogP contribution in [-0.4, -0.2) is 15.0 Å². The molecule has 0 aromatic heterocycles. The van der Waals surface area contributed by atoms with Crippen LogP contribution >= 0.6 is 0 Å². The molecular weight excluding hydrogens is 306 g/mol. The summed E-state index contributed by atoms with van der Waals surface area (Å²) in [6.45, 7) is 16.5. The van der Waals surface area contributed by atoms with Crippen molar-refractivity contribution < 1.29 is 8.42 Å². The number of hydrogen-bond donors (Lipinski definition) is 1. The third-order valence-corrected chi connectivity index (χ3v) is 5.58. The molecule has 0 spiro atoms. The molecule has 0 aliphatic rings. The minimum absolute atomic E-state index is 0.150. The van der Waals surface area contributed by atoms with Crippen LogP contribution in [0.1, 0.15) is 82.4 Å². The van der Waals surface area contributed by atoms with E-state index in [0.717, 1.165) is 11.1 Å². The summed E-state index contributed by atoms with van der Waals surface area (Å²) in [5.74, 6) is 0.671. The highest BCUT2D eigenvalue weighted by Gasteiger charge is 2.26. The Morgan fingerprint density at radius 2 is 1.48 bits per heavy atom. The van der Waals surface area contributed by atoms with Crippen LogP contribution in [0.3, 0.4) is 0 Å². The van der Waals surface area contributed by atoms with Gasteiger partial charge in [-0.1, -0.05) is 59.8 Å². The Bertz CT molecular complexity index is 614. The van der Waals surface area contributed by atoms with Gasteiger partial charge in [-0.25, -0.2) is 13.1 Å². The van der Waals surface area contributed by atoms with E-state index >= 15 is 0 Å². The van der Waals surface area contributed by atoms with E-state index in [1.807, 2.05) is 27.7 Å². The lowest BCUT2D eigenvalue weighted by atomic mass is 9.89. The van der Waals surface area contributed by atoms with Crippen molar-refractivity contribution in [2.24, 2.45) is 0 Å². The molecule has 1 rings (SSSR count). The number of rotatable bonds is 8. The van der Waals surface area contributed by atoms with Crippen LogP contribution in [0, 0.1) is 0 Å². The third-order valence-electron chi connectivity index (χ3n) is 3.99. The molecule has 0 heterocycles. The molecule has 0 saturated carbocycles. The number of benzene rings is 1. The fourth-order valence-electron chi connectivity index (χ4n) is 2.57. The Kier molecular flexibility index (Phi) is 7.02. The summed E-state index contributed by atoms with van der Waals surface area (Å²) in [7, 11) is -3.52. The van der Waals surface area contributed by atoms with Crippen LogP contribution in [0.25, 0.3) is 0 Å². The fraction of sp³-hybridized carbons (Fsp3) is 0.579. The molecule has 0 aliphatic heterocycles. The maximum absolute atomic E-state index is 12.9. The lowest BCUT2D eigenvalue weighted by Crippen LogP contribution is -2.27. The van der Waals surface area contributed by atoms with Gasteiger partial charge in [0.2, 0.25) is 10.0 Å². The summed E-state index contributed by atoms with van der Waals surface area (Å²) in [6.07, 6.45) is 2.34. The zero-order valence-corrected chi connectivity index (χ0v) is 16.1. The van der Waals surface area contributed by atoms with E-state index in [0.29, 0.717) is 23.8 Å². The van der Waals surface area contributed by atoms with Crippen molar-refractivity contribution in [3.63, 3.8) is 0 Å². The van der Waals surface area contributed by atoms with Crippen molar-refractivity contribution in [3.8, 4) is 0 Å². The quantitative estimate of drug-likeness (QED) is 0.541. The first-order valence-electron chi connectivity index (χ1n) is 8.40. The van der Waals surface area contributed by atoms with Gasteiger partial charge in [-0.3, -0.25) is 0 Å². The average molecular weight is 338 g/mol. The molecule has 0 bridgehead atoms. The SMILES string of the molecule is C=CCCNS(=O)(=O)c1c(C(C)C)cc(C(C)C)cc1C(C)C. The maximum Gasteiger partial charge on any atom is 0.241 e. The van der Waals surface area contributed by atoms with Gasteiger partial charge in [0, 0.05) is 6.54 Å². The minimum Gasteiger partial charge on any atom is -0.211 e. The van der Waals surface area contributed by atoms with E-state index in [2.05, 4.69) is 37.3 Å². The largest absolute Gasteiger partial charge is 0.241 e. The van der Waals surface area contributed by atoms with Crippen LogP contribution in [-0.2, 0) is 10.0 Å². The Balaban J connectivity index is 3.57. The van der Waals surface area contributed by atoms with E-state index in [1.165, 1.54) is 5.56 Å². The lowest BCUT2D eigenvalue weighted by molar-refractivity contribution is 0.576. The highest BCUT2D eigenvalue weighted by molar-refractivity contribution is 7.89. The molecule has 0 unspecified atom stereocenters. The van der Waals surface area contributed by atoms with E-state index < -0.39 is 10.0 Å². The second-order valence-corrected chi connectivity index (χ2v) is 8.67. The average Bonchev–Trinajstić information content (AvgIpc) is 2.45. The summed E-state index contributed by atoms with van der Waals surface area (Å²) in [4.78, 5) is 0.468. The minimum atomic E-state index is -3.52. The van der Waals surface area contributed by atoms with Gasteiger partial charge in [-0.15, -0.1) is 6.58 Å². The maximum atomic E-state index is 12.9. The van der Waals surface area contributed by atoms with Crippen molar-refractivity contribution in [1.29, 1.82) is 0 Å². The predicted octanol–water partition coefficient (Wildman–Crippen LogP) is 4.91. The summed E-state index contributed by atoms with van der Waals surface area (Å²) < 4.78 is 28.5. The molecule has 0 aliphatic carbocycles. The van der Waals surface area contributed by atoms with Crippen LogP contribution in [0.5, 0.6) is 0 Å². The molecule has 1 N–H and O–H groups in total. The molecule has 0 saturated heterocycles. The Labute approximate surface area is 142 Å². The number of sulfonamides is 1. The van der Waals surface area contributed by atoms with Gasteiger partial charge >= 0.3 is 0 Å². The number of hydrogen-bond acceptors (Lipinski definition) is 2. The molecule has 0 amide bonds. The molecule has 0 radical (unpaired) electrons. The molecule has 0 atom stereocenters. The van der Waals surface area contributed by atoms with Crippen molar-refractivity contribution >= 4 is 10.0 Å². The monoisotopic (exact) mass is 337 g/mol. The molecule has 23 heavy (non-hydrogen) atoms. The van der Waals surface area contributed by atoms with Crippen LogP contribution in [0.2, 0.25) is 0 Å². The Hall–Kier alpha value is -1.13. The Morgan fingerprint density at radius 3 is 1.83 bits per heavy atom. The molecule has 3 nitrogen and oxygen atoms in total. The second-order valence-electron chi connectivity index (χ2n) is 6.97. The molecule has 1 aromatic rings. The van der Waals surface area contributed by atoms with Gasteiger partial charge in [0.05, 0.1) is 4.90 Å². The normalized spacial score (nSPS) is 12.4. The van der Waals surface area contributed by atoms with Crippen LogP contribution < -0.4 is 4.72 Å². The van der Waals surface area contributed by atoms with Crippen molar-refractivity contribution in [2.45, 2.75) is 70.6 Å². The standard InChI is InChI=1S/C19H31NO2S/c1-8-9-10-20-23(21,22)19-17(14(4)5)11-16(13(2)3)12-18(19)15(6)7/h8,11-15,20H,1,9-10H2,2-7H3. The summed E-state index contributed by atoms with van der Waals surface area (Å²) >= 11 is 0. The van der Waals surface area contributed by atoms with Crippen molar-refractivity contribution in [1.82, 2.24) is 4.72 Å². The molecule has 4 heteroatoms.